The maximum Gasteiger partial charge on any atom is 0.414 e. The maximum atomic E-state index is 9.57. The molecule has 0 aliphatic rings. The Morgan fingerprint density at radius 1 is 1.08 bits per heavy atom. The second-order valence-electron chi connectivity index (χ2n) is 1.74. The summed E-state index contributed by atoms with van der Waals surface area (Å²) in [5.74, 6) is -4.61. The van der Waals surface area contributed by atoms with Crippen LogP contribution in [0.5, 0.6) is 0 Å². The zero-order valence-electron chi connectivity index (χ0n) is 6.22. The van der Waals surface area contributed by atoms with Gasteiger partial charge in [-0.1, -0.05) is 0 Å². The van der Waals surface area contributed by atoms with Crippen LogP contribution in [-0.4, -0.2) is 39.3 Å². The molecule has 70 valence electrons. The van der Waals surface area contributed by atoms with E-state index in [1.165, 1.54) is 6.92 Å². The minimum atomic E-state index is -1.82. The van der Waals surface area contributed by atoms with Crippen molar-refractivity contribution in [3.05, 3.63) is 0 Å². The van der Waals surface area contributed by atoms with Crippen LogP contribution in [0.15, 0.2) is 0 Å². The fraction of sp³-hybridized carbons (Fsp3) is 0.400. The summed E-state index contributed by atoms with van der Waals surface area (Å²) in [5, 5.41) is 22.6. The molecule has 12 heavy (non-hydrogen) atoms. The third-order valence-corrected chi connectivity index (χ3v) is 0.572. The highest BCUT2D eigenvalue weighted by Gasteiger charge is 2.04. The van der Waals surface area contributed by atoms with Crippen LogP contribution in [0.25, 0.3) is 0 Å². The van der Waals surface area contributed by atoms with Gasteiger partial charge in [-0.05, 0) is 6.92 Å². The molecule has 7 nitrogen and oxygen atoms in total. The largest absolute Gasteiger partial charge is 0.480 e. The number of carboxylic acids is 3. The van der Waals surface area contributed by atoms with Gasteiger partial charge in [-0.15, -0.1) is 0 Å². The van der Waals surface area contributed by atoms with E-state index in [1.54, 1.807) is 0 Å². The SMILES string of the molecule is CC(N)C(=O)O.O=C(O)C(=O)O. The van der Waals surface area contributed by atoms with E-state index in [0.29, 0.717) is 0 Å². The van der Waals surface area contributed by atoms with Gasteiger partial charge in [0.15, 0.2) is 0 Å². The van der Waals surface area contributed by atoms with Crippen LogP contribution in [0.2, 0.25) is 0 Å². The van der Waals surface area contributed by atoms with Crippen molar-refractivity contribution in [2.75, 3.05) is 0 Å². The molecule has 0 bridgehead atoms. The molecule has 0 fully saturated rings. The summed E-state index contributed by atoms with van der Waals surface area (Å²) in [6.45, 7) is 1.42. The lowest BCUT2D eigenvalue weighted by atomic mass is 10.4. The summed E-state index contributed by atoms with van der Waals surface area (Å²) in [4.78, 5) is 27.8. The number of nitrogens with two attached hydrogens (primary N) is 1. The quantitative estimate of drug-likeness (QED) is 0.362. The summed E-state index contributed by atoms with van der Waals surface area (Å²) >= 11 is 0. The van der Waals surface area contributed by atoms with E-state index in [4.69, 9.17) is 30.6 Å². The van der Waals surface area contributed by atoms with Crippen molar-refractivity contribution >= 4 is 17.9 Å². The molecule has 0 amide bonds. The van der Waals surface area contributed by atoms with E-state index in [0.717, 1.165) is 0 Å². The molecule has 1 atom stereocenters. The highest BCUT2D eigenvalue weighted by atomic mass is 16.4. The summed E-state index contributed by atoms with van der Waals surface area (Å²) in [6, 6.07) is -0.731. The van der Waals surface area contributed by atoms with Gasteiger partial charge in [0.05, 0.1) is 0 Å². The molecule has 5 N–H and O–H groups in total. The fourth-order valence-corrected chi connectivity index (χ4v) is 0. The number of rotatable bonds is 1. The molecule has 0 rings (SSSR count). The Morgan fingerprint density at radius 3 is 1.25 bits per heavy atom. The Morgan fingerprint density at radius 2 is 1.25 bits per heavy atom. The Labute approximate surface area is 67.4 Å². The average Bonchev–Trinajstić information content (AvgIpc) is 1.88. The second-order valence-corrected chi connectivity index (χ2v) is 1.74. The van der Waals surface area contributed by atoms with Crippen molar-refractivity contribution in [3.8, 4) is 0 Å². The van der Waals surface area contributed by atoms with E-state index < -0.39 is 23.9 Å². The normalized spacial score (nSPS) is 10.5. The average molecular weight is 179 g/mol. The van der Waals surface area contributed by atoms with Crippen LogP contribution in [-0.2, 0) is 14.4 Å². The van der Waals surface area contributed by atoms with Gasteiger partial charge in [0.2, 0.25) is 0 Å². The first-order valence-electron chi connectivity index (χ1n) is 2.73. The summed E-state index contributed by atoms with van der Waals surface area (Å²) in [7, 11) is 0. The highest BCUT2D eigenvalue weighted by molar-refractivity contribution is 6.27. The number of hydrogen-bond donors (Lipinski definition) is 4. The van der Waals surface area contributed by atoms with Crippen LogP contribution < -0.4 is 5.73 Å². The van der Waals surface area contributed by atoms with Gasteiger partial charge in [0, 0.05) is 0 Å². The van der Waals surface area contributed by atoms with Crippen LogP contribution in [0.1, 0.15) is 6.92 Å². The lowest BCUT2D eigenvalue weighted by molar-refractivity contribution is -0.159. The maximum absolute atomic E-state index is 9.57. The van der Waals surface area contributed by atoms with Crippen molar-refractivity contribution in [1.29, 1.82) is 0 Å². The van der Waals surface area contributed by atoms with Crippen LogP contribution in [0.3, 0.4) is 0 Å². The molecule has 0 spiro atoms. The minimum absolute atomic E-state index is 0.731. The number of carbonyl (C=O) groups is 3. The Hall–Kier alpha value is -1.63. The summed E-state index contributed by atoms with van der Waals surface area (Å²) in [5.41, 5.74) is 4.84. The Bertz CT molecular complexity index is 174. The van der Waals surface area contributed by atoms with Crippen molar-refractivity contribution in [2.24, 2.45) is 5.73 Å². The summed E-state index contributed by atoms with van der Waals surface area (Å²) < 4.78 is 0. The predicted octanol–water partition coefficient (Wildman–Crippen LogP) is -1.43. The zero-order chi connectivity index (χ0) is 10.3. The van der Waals surface area contributed by atoms with Crippen LogP contribution in [0, 0.1) is 0 Å². The topological polar surface area (TPSA) is 138 Å². The molecule has 0 radical (unpaired) electrons. The Balaban J connectivity index is 0. The van der Waals surface area contributed by atoms with Gasteiger partial charge in [0.25, 0.3) is 0 Å². The lowest BCUT2D eigenvalue weighted by Crippen LogP contribution is -2.25. The summed E-state index contributed by atoms with van der Waals surface area (Å²) in [6.07, 6.45) is 0. The van der Waals surface area contributed by atoms with E-state index in [2.05, 4.69) is 0 Å². The van der Waals surface area contributed by atoms with Crippen molar-refractivity contribution in [2.45, 2.75) is 13.0 Å². The first-order valence-corrected chi connectivity index (χ1v) is 2.73. The monoisotopic (exact) mass is 179 g/mol. The third kappa shape index (κ3) is 11.2. The Kier molecular flexibility index (Phi) is 6.61. The molecule has 0 aliphatic carbocycles. The predicted molar refractivity (Wildman–Crippen MR) is 36.6 cm³/mol. The first kappa shape index (κ1) is 13.0. The number of carboxylic acid groups (broad SMARTS) is 3. The molecule has 7 heteroatoms. The second kappa shape index (κ2) is 6.10. The fourth-order valence-electron chi connectivity index (χ4n) is 0. The van der Waals surface area contributed by atoms with Crippen molar-refractivity contribution in [1.82, 2.24) is 0 Å². The van der Waals surface area contributed by atoms with Crippen LogP contribution >= 0.6 is 0 Å². The molecule has 0 aromatic rings. The molecule has 0 aromatic heterocycles. The van der Waals surface area contributed by atoms with Gasteiger partial charge in [0.1, 0.15) is 6.04 Å². The first-order chi connectivity index (χ1) is 5.29. The molecular formula is C5H9NO6. The molecule has 1 unspecified atom stereocenters. The highest BCUT2D eigenvalue weighted by Crippen LogP contribution is 1.68. The number of hydrogen-bond acceptors (Lipinski definition) is 4. The van der Waals surface area contributed by atoms with E-state index in [-0.39, 0.29) is 0 Å². The molecule has 0 saturated carbocycles. The zero-order valence-corrected chi connectivity index (χ0v) is 6.22. The van der Waals surface area contributed by atoms with E-state index >= 15 is 0 Å². The molecule has 0 aromatic carbocycles. The van der Waals surface area contributed by atoms with E-state index in [1.807, 2.05) is 0 Å². The molecule has 0 heterocycles. The smallest absolute Gasteiger partial charge is 0.414 e. The van der Waals surface area contributed by atoms with Gasteiger partial charge >= 0.3 is 17.9 Å². The molecule has 0 aliphatic heterocycles. The van der Waals surface area contributed by atoms with Gasteiger partial charge in [-0.2, -0.15) is 0 Å². The standard InChI is InChI=1S/C3H7NO2.C2H2O4/c1-2(4)3(5)6;3-1(4)2(5)6/h2H,4H2,1H3,(H,5,6);(H,3,4)(H,5,6). The van der Waals surface area contributed by atoms with E-state index in [9.17, 15) is 4.79 Å². The minimum Gasteiger partial charge on any atom is -0.480 e. The molecule has 0 saturated heterocycles. The number of aliphatic carboxylic acids is 3. The van der Waals surface area contributed by atoms with Gasteiger partial charge in [-0.3, -0.25) is 4.79 Å². The molecular weight excluding hydrogens is 170 g/mol. The van der Waals surface area contributed by atoms with Crippen molar-refractivity contribution in [3.63, 3.8) is 0 Å². The van der Waals surface area contributed by atoms with Gasteiger partial charge in [-0.25, -0.2) is 9.59 Å². The third-order valence-electron chi connectivity index (χ3n) is 0.572. The van der Waals surface area contributed by atoms with Gasteiger partial charge < -0.3 is 21.1 Å². The van der Waals surface area contributed by atoms with Crippen molar-refractivity contribution < 1.29 is 29.7 Å². The van der Waals surface area contributed by atoms with Crippen LogP contribution in [0.4, 0.5) is 0 Å². The lowest BCUT2D eigenvalue weighted by Gasteiger charge is -1.90.